The first-order valence-electron chi connectivity index (χ1n) is 21.5. The van der Waals surface area contributed by atoms with Gasteiger partial charge in [0.1, 0.15) is 5.78 Å². The maximum Gasteiger partial charge on any atom is 1.00 e. The second-order valence-corrected chi connectivity index (χ2v) is 19.4. The van der Waals surface area contributed by atoms with Crippen LogP contribution in [0, 0.1) is 10.8 Å². The maximum atomic E-state index is 11.3. The maximum absolute atomic E-state index is 11.3. The molecule has 0 spiro atoms. The molecule has 336 valence electrons. The van der Waals surface area contributed by atoms with E-state index in [0.29, 0.717) is 11.8 Å². The first-order valence-corrected chi connectivity index (χ1v) is 21.5. The Morgan fingerprint density at radius 1 is 0.619 bits per heavy atom. The van der Waals surface area contributed by atoms with Crippen molar-refractivity contribution in [3.63, 3.8) is 0 Å². The Labute approximate surface area is 401 Å². The van der Waals surface area contributed by atoms with Crippen LogP contribution in [0.3, 0.4) is 0 Å². The molecule has 0 amide bonds. The van der Waals surface area contributed by atoms with E-state index in [-0.39, 0.29) is 52.9 Å². The number of carbonyl (C=O) groups is 4. The molecule has 12 heteroatoms. The van der Waals surface area contributed by atoms with Gasteiger partial charge in [-0.25, -0.2) is 0 Å². The van der Waals surface area contributed by atoms with Crippen LogP contribution in [-0.4, -0.2) is 48.1 Å². The van der Waals surface area contributed by atoms with Crippen LogP contribution in [0.15, 0.2) is 109 Å². The number of hydrogen-bond acceptors (Lipinski definition) is 10. The largest absolute Gasteiger partial charge is 1.00 e. The predicted octanol–water partition coefficient (Wildman–Crippen LogP) is 7.43. The number of rotatable bonds is 9. The fraction of sp³-hybridized carbons (Fsp3) is 0.451. The molecule has 0 radical (unpaired) electrons. The third kappa shape index (κ3) is 23.2. The van der Waals surface area contributed by atoms with Gasteiger partial charge >= 0.3 is 36.9 Å². The molecule has 1 heterocycles. The van der Waals surface area contributed by atoms with E-state index in [4.69, 9.17) is 5.73 Å². The molecule has 0 unspecified atom stereocenters. The first-order chi connectivity index (χ1) is 28.9. The number of ketones is 1. The van der Waals surface area contributed by atoms with Gasteiger partial charge in [-0.15, -0.1) is 0 Å². The SMILES string of the molecule is CC(=O)OB(OC(C)=O)OC(C)=O.CC1(C)CC(=O)CC(C)(C)C1.CC1(C)CC(Nc2ccc(Cc3ccccc3)cc2)CC(C)(C)N1.Nc1ccc(Cc2ccccc2)cc1.[H-].[Na+]. The Morgan fingerprint density at radius 3 is 1.32 bits per heavy atom. The smallest absolute Gasteiger partial charge is 1.00 e. The summed E-state index contributed by atoms with van der Waals surface area (Å²) in [5.74, 6) is -1.71. The van der Waals surface area contributed by atoms with Gasteiger partial charge in [-0.05, 0) is 117 Å². The van der Waals surface area contributed by atoms with Crippen molar-refractivity contribution < 1.29 is 64.1 Å². The van der Waals surface area contributed by atoms with Crippen molar-refractivity contribution in [2.24, 2.45) is 10.8 Å². The van der Waals surface area contributed by atoms with Gasteiger partial charge in [0.15, 0.2) is 0 Å². The van der Waals surface area contributed by atoms with Crippen LogP contribution in [0.1, 0.15) is 132 Å². The topological polar surface area (TPSA) is 146 Å². The number of nitrogens with two attached hydrogens (primary N) is 1. The number of anilines is 2. The third-order valence-electron chi connectivity index (χ3n) is 10.1. The summed E-state index contributed by atoms with van der Waals surface area (Å²) in [6.45, 7) is 21.2. The minimum atomic E-state index is -1.59. The molecule has 2 aliphatic rings. The zero-order chi connectivity index (χ0) is 46.1. The quantitative estimate of drug-likeness (QED) is 0.115. The summed E-state index contributed by atoms with van der Waals surface area (Å²) in [7, 11) is -1.59. The fourth-order valence-corrected chi connectivity index (χ4v) is 8.71. The zero-order valence-electron chi connectivity index (χ0n) is 40.9. The Morgan fingerprint density at radius 2 is 0.968 bits per heavy atom. The molecule has 4 aromatic carbocycles. The van der Waals surface area contributed by atoms with E-state index in [0.717, 1.165) is 65.0 Å². The number of benzene rings is 4. The van der Waals surface area contributed by atoms with Gasteiger partial charge in [0.25, 0.3) is 17.9 Å². The van der Waals surface area contributed by atoms with E-state index in [1.54, 1.807) is 0 Å². The molecule has 63 heavy (non-hydrogen) atoms. The van der Waals surface area contributed by atoms with Gasteiger partial charge in [0, 0.05) is 62.1 Å². The number of nitrogen functional groups attached to an aromatic ring is 1. The zero-order valence-corrected chi connectivity index (χ0v) is 41.9. The van der Waals surface area contributed by atoms with Crippen LogP contribution >= 0.6 is 0 Å². The summed E-state index contributed by atoms with van der Waals surface area (Å²) in [6.07, 6.45) is 6.97. The van der Waals surface area contributed by atoms with Crippen molar-refractivity contribution >= 4 is 42.4 Å². The van der Waals surface area contributed by atoms with Crippen LogP contribution in [-0.2, 0) is 46.0 Å². The van der Waals surface area contributed by atoms with Crippen LogP contribution in [0.5, 0.6) is 0 Å². The molecule has 0 bridgehead atoms. The van der Waals surface area contributed by atoms with E-state index in [9.17, 15) is 19.2 Å². The standard InChI is InChI=1S/C22H30N2.C13H13N.C10H18O.C6H9BO6.Na.H/c1-21(2)15-20(16-22(3,4)24-21)23-19-12-10-18(11-13-19)14-17-8-6-5-7-9-17;14-13-8-6-12(7-9-13)10-11-4-2-1-3-5-11;1-9(2)5-8(11)6-10(3,4)7-9;1-4(8)11-7(12-5(2)9)13-6(3)10;;/h5-13,20,23-24H,14-16H2,1-4H3;1-9H,10,14H2;5-7H2,1-4H3;1-3H3;;/q;;;;+1;-1. The van der Waals surface area contributed by atoms with Crippen molar-refractivity contribution in [2.45, 2.75) is 138 Å². The van der Waals surface area contributed by atoms with E-state index in [2.05, 4.69) is 171 Å². The molecule has 1 aliphatic carbocycles. The molecule has 0 aromatic heterocycles. The van der Waals surface area contributed by atoms with Gasteiger partial charge in [-0.3, -0.25) is 19.2 Å². The minimum absolute atomic E-state index is 0. The summed E-state index contributed by atoms with van der Waals surface area (Å²) >= 11 is 0. The summed E-state index contributed by atoms with van der Waals surface area (Å²) in [5.41, 5.74) is 13.8. The van der Waals surface area contributed by atoms with Gasteiger partial charge in [0.05, 0.1) is 0 Å². The Kier molecular flexibility index (Phi) is 21.9. The van der Waals surface area contributed by atoms with Crippen LogP contribution in [0.2, 0.25) is 0 Å². The van der Waals surface area contributed by atoms with Crippen molar-refractivity contribution in [1.29, 1.82) is 0 Å². The van der Waals surface area contributed by atoms with Crippen LogP contribution in [0.4, 0.5) is 11.4 Å². The average molecular weight is 872 g/mol. The van der Waals surface area contributed by atoms with Crippen molar-refractivity contribution in [2.75, 3.05) is 11.1 Å². The summed E-state index contributed by atoms with van der Waals surface area (Å²) < 4.78 is 13.0. The van der Waals surface area contributed by atoms with Crippen molar-refractivity contribution in [3.8, 4) is 0 Å². The van der Waals surface area contributed by atoms with Gasteiger partial charge in [0.2, 0.25) is 0 Å². The number of Topliss-reactive ketones (excluding diaryl/α,β-unsaturated/α-hetero) is 1. The number of piperidine rings is 1. The molecule has 1 aliphatic heterocycles. The van der Waals surface area contributed by atoms with E-state index >= 15 is 0 Å². The van der Waals surface area contributed by atoms with Gasteiger partial charge in [-0.2, -0.15) is 0 Å². The molecule has 10 nitrogen and oxygen atoms in total. The third-order valence-corrected chi connectivity index (χ3v) is 10.1. The Bertz CT molecular complexity index is 1960. The monoisotopic (exact) mass is 872 g/mol. The van der Waals surface area contributed by atoms with Crippen LogP contribution < -0.4 is 45.9 Å². The second kappa shape index (κ2) is 25.2. The average Bonchev–Trinajstić information content (AvgIpc) is 3.11. The second-order valence-electron chi connectivity index (χ2n) is 19.4. The normalized spacial score (nSPS) is 16.5. The molecule has 1 saturated carbocycles. The van der Waals surface area contributed by atoms with Crippen molar-refractivity contribution in [1.82, 2.24) is 5.32 Å². The Balaban J connectivity index is 0.000000446. The fourth-order valence-electron chi connectivity index (χ4n) is 8.71. The van der Waals surface area contributed by atoms with E-state index < -0.39 is 25.2 Å². The van der Waals surface area contributed by atoms with E-state index in [1.165, 1.54) is 34.4 Å². The van der Waals surface area contributed by atoms with Crippen LogP contribution in [0.25, 0.3) is 0 Å². The molecule has 0 atom stereocenters. The predicted molar refractivity (Wildman–Crippen MR) is 252 cm³/mol. The Hall–Kier alpha value is -4.42. The van der Waals surface area contributed by atoms with Crippen molar-refractivity contribution in [3.05, 3.63) is 131 Å². The molecular formula is C51H71BN3NaO7. The van der Waals surface area contributed by atoms with E-state index in [1.807, 2.05) is 18.2 Å². The number of nitrogens with one attached hydrogen (secondary N) is 2. The first kappa shape index (κ1) is 54.7. The summed E-state index contributed by atoms with van der Waals surface area (Å²) in [6, 6.07) is 38.5. The molecule has 2 fully saturated rings. The summed E-state index contributed by atoms with van der Waals surface area (Å²) in [5, 5.41) is 7.49. The molecular weight excluding hydrogens is 800 g/mol. The molecule has 4 aromatic rings. The van der Waals surface area contributed by atoms with Gasteiger partial charge < -0.3 is 31.8 Å². The number of carbonyl (C=O) groups excluding carboxylic acids is 4. The number of hydrogen-bond donors (Lipinski definition) is 3. The molecule has 6 rings (SSSR count). The molecule has 1 saturated heterocycles. The molecule has 4 N–H and O–H groups in total. The summed E-state index contributed by atoms with van der Waals surface area (Å²) in [4.78, 5) is 42.5. The minimum Gasteiger partial charge on any atom is -1.00 e. The van der Waals surface area contributed by atoms with Gasteiger partial charge in [-0.1, -0.05) is 113 Å².